The second-order valence-electron chi connectivity index (χ2n) is 6.18. The molecule has 0 aromatic heterocycles. The lowest BCUT2D eigenvalue weighted by molar-refractivity contribution is 0.414. The zero-order valence-electron chi connectivity index (χ0n) is 13.9. The van der Waals surface area contributed by atoms with Crippen molar-refractivity contribution in [2.45, 2.75) is 27.7 Å². The van der Waals surface area contributed by atoms with E-state index in [0.717, 1.165) is 22.4 Å². The van der Waals surface area contributed by atoms with Gasteiger partial charge < -0.3 is 4.74 Å². The van der Waals surface area contributed by atoms with Gasteiger partial charge in [0.2, 0.25) is 0 Å². The average Bonchev–Trinajstić information content (AvgIpc) is 2.45. The van der Waals surface area contributed by atoms with Crippen molar-refractivity contribution in [3.63, 3.8) is 0 Å². The van der Waals surface area contributed by atoms with Crippen molar-refractivity contribution in [2.75, 3.05) is 7.11 Å². The van der Waals surface area contributed by atoms with E-state index in [0.29, 0.717) is 0 Å². The van der Waals surface area contributed by atoms with E-state index in [1.807, 2.05) is 24.3 Å². The zero-order chi connectivity index (χ0) is 16.0. The van der Waals surface area contributed by atoms with E-state index >= 15 is 0 Å². The predicted molar refractivity (Wildman–Crippen MR) is 94.5 cm³/mol. The van der Waals surface area contributed by atoms with Crippen LogP contribution in [0.2, 0.25) is 0 Å². The minimum Gasteiger partial charge on any atom is -0.497 e. The lowest BCUT2D eigenvalue weighted by Crippen LogP contribution is -2.05. The summed E-state index contributed by atoms with van der Waals surface area (Å²) in [6, 6.07) is 6.00. The monoisotopic (exact) mass is 282 g/mol. The normalized spacial score (nSPS) is 12.5. The molecule has 21 heavy (non-hydrogen) atoms. The van der Waals surface area contributed by atoms with Crippen molar-refractivity contribution in [2.24, 2.45) is 5.41 Å². The van der Waals surface area contributed by atoms with Gasteiger partial charge in [0.15, 0.2) is 0 Å². The van der Waals surface area contributed by atoms with Crippen LogP contribution in [0.4, 0.5) is 0 Å². The van der Waals surface area contributed by atoms with Crippen molar-refractivity contribution >= 4 is 11.6 Å². The summed E-state index contributed by atoms with van der Waals surface area (Å²) in [7, 11) is 1.67. The predicted octanol–water partition coefficient (Wildman–Crippen LogP) is 5.90. The molecule has 0 saturated carbocycles. The van der Waals surface area contributed by atoms with Gasteiger partial charge >= 0.3 is 0 Å². The Bertz CT molecular complexity index is 580. The number of hydrogen-bond donors (Lipinski definition) is 0. The molecule has 0 bridgehead atoms. The third kappa shape index (κ3) is 5.11. The summed E-state index contributed by atoms with van der Waals surface area (Å²) in [6.07, 6.45) is 8.03. The first-order chi connectivity index (χ1) is 9.77. The first kappa shape index (κ1) is 17.0. The minimum atomic E-state index is 0.192. The maximum absolute atomic E-state index is 5.31. The van der Waals surface area contributed by atoms with E-state index in [1.54, 1.807) is 7.11 Å². The highest BCUT2D eigenvalue weighted by atomic mass is 16.5. The van der Waals surface area contributed by atoms with Crippen LogP contribution in [0.1, 0.15) is 38.8 Å². The molecule has 1 rings (SSSR count). The number of methoxy groups -OCH3 is 1. The third-order valence-electron chi connectivity index (χ3n) is 3.60. The lowest BCUT2D eigenvalue weighted by atomic mass is 9.87. The van der Waals surface area contributed by atoms with Gasteiger partial charge in [0.1, 0.15) is 5.75 Å². The van der Waals surface area contributed by atoms with E-state index in [1.165, 1.54) is 5.57 Å². The molecule has 0 spiro atoms. The van der Waals surface area contributed by atoms with Gasteiger partial charge in [-0.05, 0) is 47.2 Å². The Kier molecular flexibility index (Phi) is 5.78. The van der Waals surface area contributed by atoms with Gasteiger partial charge in [-0.3, -0.25) is 0 Å². The SMILES string of the molecule is C=Cc1cc(OC)cc(C(=C)/C=C\C=C(/C)C(C)(C)C)c1. The van der Waals surface area contributed by atoms with Crippen LogP contribution in [0.5, 0.6) is 5.75 Å². The third-order valence-corrected chi connectivity index (χ3v) is 3.60. The van der Waals surface area contributed by atoms with Crippen molar-refractivity contribution in [1.82, 2.24) is 0 Å². The fourth-order valence-electron chi connectivity index (χ4n) is 1.70. The highest BCUT2D eigenvalue weighted by molar-refractivity contribution is 5.75. The molecule has 1 nitrogen and oxygen atoms in total. The standard InChI is InChI=1S/C20H26O/c1-8-17-12-18(14-19(13-17)21-7)15(2)10-9-11-16(3)20(4,5)6/h8-14H,1-2H2,3-7H3/b10-9-,16-11+. The zero-order valence-corrected chi connectivity index (χ0v) is 13.9. The van der Waals surface area contributed by atoms with Crippen molar-refractivity contribution in [1.29, 1.82) is 0 Å². The minimum absolute atomic E-state index is 0.192. The number of rotatable bonds is 5. The van der Waals surface area contributed by atoms with Crippen LogP contribution >= 0.6 is 0 Å². The topological polar surface area (TPSA) is 9.23 Å². The van der Waals surface area contributed by atoms with Crippen molar-refractivity contribution in [3.05, 3.63) is 66.3 Å². The number of benzene rings is 1. The van der Waals surface area contributed by atoms with Crippen LogP contribution < -0.4 is 4.74 Å². The molecule has 0 aliphatic heterocycles. The molecule has 0 heterocycles. The Balaban J connectivity index is 2.97. The molecule has 0 radical (unpaired) electrons. The molecule has 0 N–H and O–H groups in total. The van der Waals surface area contributed by atoms with Crippen LogP contribution in [-0.4, -0.2) is 7.11 Å². The molecular weight excluding hydrogens is 256 g/mol. The number of allylic oxidation sites excluding steroid dienone is 5. The molecule has 1 heteroatoms. The maximum Gasteiger partial charge on any atom is 0.120 e. The van der Waals surface area contributed by atoms with E-state index in [-0.39, 0.29) is 5.41 Å². The second kappa shape index (κ2) is 7.12. The summed E-state index contributed by atoms with van der Waals surface area (Å²) in [5.74, 6) is 0.818. The van der Waals surface area contributed by atoms with Gasteiger partial charge in [-0.2, -0.15) is 0 Å². The summed E-state index contributed by atoms with van der Waals surface area (Å²) in [4.78, 5) is 0. The first-order valence-corrected chi connectivity index (χ1v) is 7.14. The molecule has 0 aliphatic rings. The van der Waals surface area contributed by atoms with Gasteiger partial charge in [-0.1, -0.05) is 63.8 Å². The molecule has 1 aromatic carbocycles. The highest BCUT2D eigenvalue weighted by Crippen LogP contribution is 2.25. The number of hydrogen-bond acceptors (Lipinski definition) is 1. The van der Waals surface area contributed by atoms with Gasteiger partial charge in [0.25, 0.3) is 0 Å². The highest BCUT2D eigenvalue weighted by Gasteiger charge is 2.10. The van der Waals surface area contributed by atoms with Crippen LogP contribution in [0.15, 0.2) is 55.2 Å². The molecule has 0 saturated heterocycles. The van der Waals surface area contributed by atoms with E-state index < -0.39 is 0 Å². The Morgan fingerprint density at radius 1 is 1.19 bits per heavy atom. The van der Waals surface area contributed by atoms with Gasteiger partial charge in [-0.15, -0.1) is 0 Å². The van der Waals surface area contributed by atoms with E-state index in [2.05, 4.69) is 59.1 Å². The molecule has 112 valence electrons. The fraction of sp³-hybridized carbons (Fsp3) is 0.300. The Hall–Kier alpha value is -2.02. The van der Waals surface area contributed by atoms with Crippen LogP contribution in [0, 0.1) is 5.41 Å². The quantitative estimate of drug-likeness (QED) is 0.611. The Morgan fingerprint density at radius 3 is 2.38 bits per heavy atom. The molecule has 0 unspecified atom stereocenters. The summed E-state index contributed by atoms with van der Waals surface area (Å²) in [5, 5.41) is 0. The molecular formula is C20H26O. The van der Waals surface area contributed by atoms with E-state index in [9.17, 15) is 0 Å². The van der Waals surface area contributed by atoms with Gasteiger partial charge in [-0.25, -0.2) is 0 Å². The number of ether oxygens (including phenoxy) is 1. The second-order valence-corrected chi connectivity index (χ2v) is 6.18. The largest absolute Gasteiger partial charge is 0.497 e. The van der Waals surface area contributed by atoms with Crippen LogP contribution in [0.25, 0.3) is 11.6 Å². The summed E-state index contributed by atoms with van der Waals surface area (Å²) >= 11 is 0. The average molecular weight is 282 g/mol. The molecule has 0 aliphatic carbocycles. The van der Waals surface area contributed by atoms with Crippen molar-refractivity contribution < 1.29 is 4.74 Å². The smallest absolute Gasteiger partial charge is 0.120 e. The van der Waals surface area contributed by atoms with Crippen LogP contribution in [-0.2, 0) is 0 Å². The summed E-state index contributed by atoms with van der Waals surface area (Å²) in [5.41, 5.74) is 4.55. The maximum atomic E-state index is 5.31. The summed E-state index contributed by atoms with van der Waals surface area (Å²) in [6.45, 7) is 16.7. The van der Waals surface area contributed by atoms with Crippen molar-refractivity contribution in [3.8, 4) is 5.75 Å². The fourth-order valence-corrected chi connectivity index (χ4v) is 1.70. The molecule has 0 atom stereocenters. The first-order valence-electron chi connectivity index (χ1n) is 7.14. The molecule has 1 aromatic rings. The molecule has 0 fully saturated rings. The van der Waals surface area contributed by atoms with E-state index in [4.69, 9.17) is 4.74 Å². The Labute approximate surface area is 129 Å². The Morgan fingerprint density at radius 2 is 1.86 bits per heavy atom. The summed E-state index contributed by atoms with van der Waals surface area (Å²) < 4.78 is 5.31. The van der Waals surface area contributed by atoms with Gasteiger partial charge in [0, 0.05) is 0 Å². The molecule has 0 amide bonds. The lowest BCUT2D eigenvalue weighted by Gasteiger charge is -2.18. The van der Waals surface area contributed by atoms with Gasteiger partial charge in [0.05, 0.1) is 7.11 Å². The van der Waals surface area contributed by atoms with Crippen LogP contribution in [0.3, 0.4) is 0 Å².